The van der Waals surface area contributed by atoms with E-state index in [1.54, 1.807) is 0 Å². The lowest BCUT2D eigenvalue weighted by atomic mass is 10.1. The Morgan fingerprint density at radius 2 is 2.00 bits per heavy atom. The van der Waals surface area contributed by atoms with Gasteiger partial charge in [0.15, 0.2) is 11.5 Å². The summed E-state index contributed by atoms with van der Waals surface area (Å²) in [5.41, 5.74) is 1.10. The summed E-state index contributed by atoms with van der Waals surface area (Å²) in [5.74, 6) is 2.38. The van der Waals surface area contributed by atoms with E-state index < -0.39 is 0 Å². The molecule has 0 saturated heterocycles. The normalized spacial score (nSPS) is 15.6. The zero-order chi connectivity index (χ0) is 11.4. The number of rotatable bonds is 4. The largest absolute Gasteiger partial charge is 0.486 e. The van der Waals surface area contributed by atoms with Crippen molar-refractivity contribution in [2.24, 2.45) is 5.92 Å². The van der Waals surface area contributed by atoms with Gasteiger partial charge in [0, 0.05) is 18.3 Å². The molecule has 88 valence electrons. The van der Waals surface area contributed by atoms with Crippen molar-refractivity contribution in [2.75, 3.05) is 25.1 Å². The van der Waals surface area contributed by atoms with Gasteiger partial charge in [-0.1, -0.05) is 20.3 Å². The predicted octanol–water partition coefficient (Wildman–Crippen LogP) is 2.92. The second-order valence-electron chi connectivity index (χ2n) is 4.25. The molecule has 0 saturated carbocycles. The molecule has 3 nitrogen and oxygen atoms in total. The van der Waals surface area contributed by atoms with Crippen LogP contribution < -0.4 is 14.8 Å². The minimum absolute atomic E-state index is 0.641. The number of ether oxygens (including phenoxy) is 2. The Kier molecular flexibility index (Phi) is 3.54. The van der Waals surface area contributed by atoms with Crippen molar-refractivity contribution < 1.29 is 9.47 Å². The summed E-state index contributed by atoms with van der Waals surface area (Å²) in [6.45, 7) is 6.73. The highest BCUT2D eigenvalue weighted by Crippen LogP contribution is 2.32. The molecule has 0 fully saturated rings. The Hall–Kier alpha value is -1.38. The summed E-state index contributed by atoms with van der Waals surface area (Å²) in [6.07, 6.45) is 1.19. The molecule has 1 aromatic carbocycles. The van der Waals surface area contributed by atoms with Crippen molar-refractivity contribution in [3.8, 4) is 11.5 Å². The van der Waals surface area contributed by atoms with Crippen LogP contribution in [0.2, 0.25) is 0 Å². The number of hydrogen-bond donors (Lipinski definition) is 1. The molecule has 0 aromatic heterocycles. The van der Waals surface area contributed by atoms with Gasteiger partial charge < -0.3 is 14.8 Å². The molecule has 0 radical (unpaired) electrons. The molecule has 2 rings (SSSR count). The quantitative estimate of drug-likeness (QED) is 0.848. The lowest BCUT2D eigenvalue weighted by molar-refractivity contribution is 0.171. The van der Waals surface area contributed by atoms with Gasteiger partial charge in [-0.05, 0) is 18.1 Å². The molecular formula is C13H19NO2. The van der Waals surface area contributed by atoms with Crippen molar-refractivity contribution in [2.45, 2.75) is 20.3 Å². The van der Waals surface area contributed by atoms with Crippen LogP contribution in [0.3, 0.4) is 0 Å². The summed E-state index contributed by atoms with van der Waals surface area (Å²) in [7, 11) is 0. The van der Waals surface area contributed by atoms with Crippen LogP contribution in [0.1, 0.15) is 20.3 Å². The minimum Gasteiger partial charge on any atom is -0.486 e. The van der Waals surface area contributed by atoms with E-state index in [2.05, 4.69) is 19.2 Å². The molecule has 0 amide bonds. The molecular weight excluding hydrogens is 202 g/mol. The monoisotopic (exact) mass is 221 g/mol. The minimum atomic E-state index is 0.641. The summed E-state index contributed by atoms with van der Waals surface area (Å²) in [4.78, 5) is 0. The van der Waals surface area contributed by atoms with Crippen molar-refractivity contribution >= 4 is 5.69 Å². The molecule has 1 aromatic rings. The molecule has 0 bridgehead atoms. The molecule has 16 heavy (non-hydrogen) atoms. The first-order valence-electron chi connectivity index (χ1n) is 5.93. The van der Waals surface area contributed by atoms with E-state index in [1.807, 2.05) is 18.2 Å². The Balaban J connectivity index is 2.00. The highest BCUT2D eigenvalue weighted by Gasteiger charge is 2.11. The first-order chi connectivity index (χ1) is 7.79. The van der Waals surface area contributed by atoms with Gasteiger partial charge in [-0.15, -0.1) is 0 Å². The summed E-state index contributed by atoms with van der Waals surface area (Å²) in [6, 6.07) is 6.01. The SMILES string of the molecule is CCC(C)CNc1ccc2c(c1)OCCO2. The van der Waals surface area contributed by atoms with E-state index in [0.717, 1.165) is 23.7 Å². The van der Waals surface area contributed by atoms with Crippen LogP contribution in [0.5, 0.6) is 11.5 Å². The Labute approximate surface area is 96.8 Å². The zero-order valence-electron chi connectivity index (χ0n) is 9.95. The molecule has 0 spiro atoms. The van der Waals surface area contributed by atoms with Gasteiger partial charge in [-0.3, -0.25) is 0 Å². The second kappa shape index (κ2) is 5.10. The highest BCUT2D eigenvalue weighted by molar-refractivity contribution is 5.55. The van der Waals surface area contributed by atoms with Gasteiger partial charge in [0.25, 0.3) is 0 Å². The standard InChI is InChI=1S/C13H19NO2/c1-3-10(2)9-14-11-4-5-12-13(8-11)16-7-6-15-12/h4-5,8,10,14H,3,6-7,9H2,1-2H3. The summed E-state index contributed by atoms with van der Waals surface area (Å²) < 4.78 is 11.0. The molecule has 1 N–H and O–H groups in total. The van der Waals surface area contributed by atoms with Gasteiger partial charge in [0.1, 0.15) is 13.2 Å². The summed E-state index contributed by atoms with van der Waals surface area (Å²) in [5, 5.41) is 3.41. The molecule has 1 unspecified atom stereocenters. The number of hydrogen-bond acceptors (Lipinski definition) is 3. The molecule has 1 heterocycles. The van der Waals surface area contributed by atoms with Gasteiger partial charge in [-0.25, -0.2) is 0 Å². The second-order valence-corrected chi connectivity index (χ2v) is 4.25. The zero-order valence-corrected chi connectivity index (χ0v) is 9.95. The first kappa shape index (κ1) is 11.1. The van der Waals surface area contributed by atoms with E-state index in [4.69, 9.17) is 9.47 Å². The van der Waals surface area contributed by atoms with Crippen LogP contribution in [0, 0.1) is 5.92 Å². The highest BCUT2D eigenvalue weighted by atomic mass is 16.6. The average Bonchev–Trinajstić information content (AvgIpc) is 2.35. The Bertz CT molecular complexity index is 352. The van der Waals surface area contributed by atoms with Crippen LogP contribution >= 0.6 is 0 Å². The van der Waals surface area contributed by atoms with E-state index in [9.17, 15) is 0 Å². The van der Waals surface area contributed by atoms with Crippen molar-refractivity contribution in [1.29, 1.82) is 0 Å². The van der Waals surface area contributed by atoms with Crippen LogP contribution in [0.4, 0.5) is 5.69 Å². The van der Waals surface area contributed by atoms with Crippen molar-refractivity contribution in [3.05, 3.63) is 18.2 Å². The van der Waals surface area contributed by atoms with E-state index in [-0.39, 0.29) is 0 Å². The van der Waals surface area contributed by atoms with E-state index in [1.165, 1.54) is 6.42 Å². The van der Waals surface area contributed by atoms with Crippen LogP contribution in [0.15, 0.2) is 18.2 Å². The molecule has 1 aliphatic heterocycles. The molecule has 3 heteroatoms. The van der Waals surface area contributed by atoms with Gasteiger partial charge in [-0.2, -0.15) is 0 Å². The third kappa shape index (κ3) is 2.60. The number of benzene rings is 1. The van der Waals surface area contributed by atoms with Gasteiger partial charge >= 0.3 is 0 Å². The molecule has 0 aliphatic carbocycles. The van der Waals surface area contributed by atoms with Crippen LogP contribution in [-0.2, 0) is 0 Å². The van der Waals surface area contributed by atoms with Crippen LogP contribution in [0.25, 0.3) is 0 Å². The number of anilines is 1. The fourth-order valence-corrected chi connectivity index (χ4v) is 1.59. The maximum Gasteiger partial charge on any atom is 0.163 e. The fourth-order valence-electron chi connectivity index (χ4n) is 1.59. The average molecular weight is 221 g/mol. The maximum absolute atomic E-state index is 5.53. The van der Waals surface area contributed by atoms with Crippen LogP contribution in [-0.4, -0.2) is 19.8 Å². The van der Waals surface area contributed by atoms with Gasteiger partial charge in [0.2, 0.25) is 0 Å². The third-order valence-corrected chi connectivity index (χ3v) is 2.89. The Morgan fingerprint density at radius 3 is 2.75 bits per heavy atom. The predicted molar refractivity (Wildman–Crippen MR) is 65.4 cm³/mol. The van der Waals surface area contributed by atoms with Crippen molar-refractivity contribution in [3.63, 3.8) is 0 Å². The molecule has 1 aliphatic rings. The first-order valence-corrected chi connectivity index (χ1v) is 5.93. The lowest BCUT2D eigenvalue weighted by Gasteiger charge is -2.19. The third-order valence-electron chi connectivity index (χ3n) is 2.89. The smallest absolute Gasteiger partial charge is 0.163 e. The Morgan fingerprint density at radius 1 is 1.25 bits per heavy atom. The number of fused-ring (bicyclic) bond motifs is 1. The summed E-state index contributed by atoms with van der Waals surface area (Å²) >= 11 is 0. The number of nitrogens with one attached hydrogen (secondary N) is 1. The lowest BCUT2D eigenvalue weighted by Crippen LogP contribution is -2.16. The van der Waals surface area contributed by atoms with Gasteiger partial charge in [0.05, 0.1) is 0 Å². The van der Waals surface area contributed by atoms with Crippen molar-refractivity contribution in [1.82, 2.24) is 0 Å². The fraction of sp³-hybridized carbons (Fsp3) is 0.538. The molecule has 1 atom stereocenters. The van der Waals surface area contributed by atoms with E-state index in [0.29, 0.717) is 19.1 Å². The van der Waals surface area contributed by atoms with E-state index >= 15 is 0 Å². The topological polar surface area (TPSA) is 30.5 Å². The maximum atomic E-state index is 5.53.